The highest BCUT2D eigenvalue weighted by Crippen LogP contribution is 2.58. The molecule has 0 saturated heterocycles. The maximum atomic E-state index is 2.54. The third-order valence-corrected chi connectivity index (χ3v) is 15.3. The normalized spacial score (nSPS) is 12.6. The zero-order valence-electron chi connectivity index (χ0n) is 39.1. The number of fused-ring (bicyclic) bond motifs is 7. The van der Waals surface area contributed by atoms with Crippen LogP contribution in [0.1, 0.15) is 22.3 Å². The van der Waals surface area contributed by atoms with Crippen LogP contribution >= 0.6 is 0 Å². The van der Waals surface area contributed by atoms with Gasteiger partial charge < -0.3 is 0 Å². The molecule has 14 rings (SSSR count). The fourth-order valence-corrected chi connectivity index (χ4v) is 12.0. The van der Waals surface area contributed by atoms with Gasteiger partial charge in [-0.3, -0.25) is 0 Å². The van der Waals surface area contributed by atoms with Crippen LogP contribution in [0.2, 0.25) is 0 Å². The van der Waals surface area contributed by atoms with Crippen LogP contribution in [0.5, 0.6) is 0 Å². The summed E-state index contributed by atoms with van der Waals surface area (Å²) >= 11 is 0. The summed E-state index contributed by atoms with van der Waals surface area (Å²) in [7, 11) is 0. The Balaban J connectivity index is 0.963. The minimum absolute atomic E-state index is 0.578. The van der Waals surface area contributed by atoms with Crippen LogP contribution in [0.25, 0.3) is 110 Å². The number of hydrogen-bond donors (Lipinski definition) is 0. The first-order valence-electron chi connectivity index (χ1n) is 24.7. The second kappa shape index (κ2) is 16.6. The van der Waals surface area contributed by atoms with Crippen molar-refractivity contribution >= 4 is 43.1 Å². The topological polar surface area (TPSA) is 0 Å². The predicted molar refractivity (Wildman–Crippen MR) is 301 cm³/mol. The van der Waals surface area contributed by atoms with E-state index in [-0.39, 0.29) is 0 Å². The molecule has 0 aliphatic heterocycles. The van der Waals surface area contributed by atoms with E-state index in [4.69, 9.17) is 0 Å². The van der Waals surface area contributed by atoms with Crippen molar-refractivity contribution in [2.24, 2.45) is 0 Å². The van der Waals surface area contributed by atoms with E-state index in [0.717, 1.165) is 0 Å². The molecule has 0 unspecified atom stereocenters. The van der Waals surface area contributed by atoms with E-state index in [1.54, 1.807) is 0 Å². The lowest BCUT2D eigenvalue weighted by Gasteiger charge is -2.34. The summed E-state index contributed by atoms with van der Waals surface area (Å²) in [5.41, 5.74) is 19.3. The standard InChI is InChI=1S/C71H46/c1-3-17-47(18-4-1)56-41-57(48-19-5-2-6-20-48)43-58(42-56)51-31-33-52(34-32-51)69-63-26-11-13-28-65(63)70(66-29-14-12-27-64(66)69)55-37-40-62-61-25-15-16-30-67(61)71(68(62)46-55,59-38-35-49-21-7-9-23-53(49)44-59)60-39-36-50-22-8-10-24-54(50)45-60/h1-46H. The van der Waals surface area contributed by atoms with Gasteiger partial charge in [-0.05, 0) is 169 Å². The van der Waals surface area contributed by atoms with Crippen molar-refractivity contribution in [1.82, 2.24) is 0 Å². The lowest BCUT2D eigenvalue weighted by atomic mass is 9.67. The second-order valence-corrected chi connectivity index (χ2v) is 19.1. The Morgan fingerprint density at radius 2 is 0.577 bits per heavy atom. The Morgan fingerprint density at radius 3 is 1.10 bits per heavy atom. The Hall–Kier alpha value is -9.10. The first-order chi connectivity index (χ1) is 35.2. The Morgan fingerprint density at radius 1 is 0.197 bits per heavy atom. The van der Waals surface area contributed by atoms with Crippen LogP contribution in [0, 0.1) is 0 Å². The summed E-state index contributed by atoms with van der Waals surface area (Å²) in [6, 6.07) is 104. The van der Waals surface area contributed by atoms with Crippen molar-refractivity contribution < 1.29 is 0 Å². The van der Waals surface area contributed by atoms with Crippen molar-refractivity contribution in [1.29, 1.82) is 0 Å². The van der Waals surface area contributed by atoms with Crippen molar-refractivity contribution in [2.75, 3.05) is 0 Å². The molecule has 0 atom stereocenters. The Bertz CT molecular complexity index is 4000. The van der Waals surface area contributed by atoms with Crippen LogP contribution in [0.4, 0.5) is 0 Å². The molecule has 0 aromatic heterocycles. The Kier molecular flexibility index (Phi) is 9.54. The van der Waals surface area contributed by atoms with Crippen molar-refractivity contribution in [3.8, 4) is 66.8 Å². The summed E-state index contributed by atoms with van der Waals surface area (Å²) in [5, 5.41) is 9.93. The predicted octanol–water partition coefficient (Wildman–Crippen LogP) is 19.0. The summed E-state index contributed by atoms with van der Waals surface area (Å²) in [4.78, 5) is 0. The van der Waals surface area contributed by atoms with Crippen LogP contribution in [0.3, 0.4) is 0 Å². The highest BCUT2D eigenvalue weighted by molar-refractivity contribution is 6.21. The van der Waals surface area contributed by atoms with Gasteiger partial charge in [-0.25, -0.2) is 0 Å². The summed E-state index contributed by atoms with van der Waals surface area (Å²) < 4.78 is 0. The molecule has 0 radical (unpaired) electrons. The zero-order chi connectivity index (χ0) is 46.9. The van der Waals surface area contributed by atoms with Crippen LogP contribution in [-0.2, 0) is 5.41 Å². The molecular weight excluding hydrogens is 853 g/mol. The van der Waals surface area contributed by atoms with Crippen LogP contribution < -0.4 is 0 Å². The average molecular weight is 899 g/mol. The molecule has 1 aliphatic rings. The third-order valence-electron chi connectivity index (χ3n) is 15.3. The highest BCUT2D eigenvalue weighted by Gasteiger charge is 2.46. The molecule has 0 nitrogen and oxygen atoms in total. The van der Waals surface area contributed by atoms with Gasteiger partial charge in [0, 0.05) is 0 Å². The maximum absolute atomic E-state index is 2.54. The molecule has 13 aromatic carbocycles. The van der Waals surface area contributed by atoms with Gasteiger partial charge in [0.15, 0.2) is 0 Å². The molecule has 0 fully saturated rings. The monoisotopic (exact) mass is 898 g/mol. The van der Waals surface area contributed by atoms with Gasteiger partial charge in [0.25, 0.3) is 0 Å². The van der Waals surface area contributed by atoms with E-state index in [1.165, 1.54) is 132 Å². The van der Waals surface area contributed by atoms with Gasteiger partial charge >= 0.3 is 0 Å². The second-order valence-electron chi connectivity index (χ2n) is 19.1. The van der Waals surface area contributed by atoms with E-state index in [2.05, 4.69) is 279 Å². The van der Waals surface area contributed by atoms with Gasteiger partial charge in [-0.2, -0.15) is 0 Å². The molecule has 0 heteroatoms. The van der Waals surface area contributed by atoms with Crippen molar-refractivity contribution in [3.63, 3.8) is 0 Å². The van der Waals surface area contributed by atoms with E-state index in [0.29, 0.717) is 0 Å². The van der Waals surface area contributed by atoms with Crippen LogP contribution in [-0.4, -0.2) is 0 Å². The summed E-state index contributed by atoms with van der Waals surface area (Å²) in [6.45, 7) is 0. The largest absolute Gasteiger partial charge is 0.0714 e. The molecule has 0 bridgehead atoms. The first kappa shape index (κ1) is 40.9. The van der Waals surface area contributed by atoms with Gasteiger partial charge in [0.2, 0.25) is 0 Å². The zero-order valence-corrected chi connectivity index (χ0v) is 39.1. The molecule has 71 heavy (non-hydrogen) atoms. The molecule has 0 saturated carbocycles. The van der Waals surface area contributed by atoms with Crippen molar-refractivity contribution in [3.05, 3.63) is 301 Å². The summed E-state index contributed by atoms with van der Waals surface area (Å²) in [6.07, 6.45) is 0. The van der Waals surface area contributed by atoms with E-state index < -0.39 is 5.41 Å². The molecule has 0 amide bonds. The average Bonchev–Trinajstić information content (AvgIpc) is 3.75. The molecule has 0 spiro atoms. The van der Waals surface area contributed by atoms with Crippen LogP contribution in [0.15, 0.2) is 279 Å². The lowest BCUT2D eigenvalue weighted by molar-refractivity contribution is 0.771. The van der Waals surface area contributed by atoms with Gasteiger partial charge in [0.1, 0.15) is 0 Å². The number of rotatable bonds is 7. The highest BCUT2D eigenvalue weighted by atomic mass is 14.5. The Labute approximate surface area is 414 Å². The first-order valence-corrected chi connectivity index (χ1v) is 24.7. The summed E-state index contributed by atoms with van der Waals surface area (Å²) in [5.74, 6) is 0. The van der Waals surface area contributed by atoms with Gasteiger partial charge in [0.05, 0.1) is 5.41 Å². The van der Waals surface area contributed by atoms with E-state index >= 15 is 0 Å². The molecule has 330 valence electrons. The molecule has 0 N–H and O–H groups in total. The quantitative estimate of drug-likeness (QED) is 0.140. The van der Waals surface area contributed by atoms with E-state index in [9.17, 15) is 0 Å². The smallest absolute Gasteiger partial charge is 0.0622 e. The molecule has 0 heterocycles. The minimum atomic E-state index is -0.578. The lowest BCUT2D eigenvalue weighted by Crippen LogP contribution is -2.28. The molecular formula is C71H46. The number of benzene rings is 13. The van der Waals surface area contributed by atoms with E-state index in [1.807, 2.05) is 0 Å². The van der Waals surface area contributed by atoms with Gasteiger partial charge in [-0.1, -0.05) is 243 Å². The number of hydrogen-bond acceptors (Lipinski definition) is 0. The third kappa shape index (κ3) is 6.60. The SMILES string of the molecule is c1ccc(-c2cc(-c3ccccc3)cc(-c3ccc(-c4c5ccccc5c(-c5ccc6c(c5)C(c5ccc7ccccc7c5)(c5ccc7ccccc7c5)c5ccccc5-6)c5ccccc45)cc3)c2)cc1. The van der Waals surface area contributed by atoms with Gasteiger partial charge in [-0.15, -0.1) is 0 Å². The fraction of sp³-hybridized carbons (Fsp3) is 0.0141. The fourth-order valence-electron chi connectivity index (χ4n) is 12.0. The minimum Gasteiger partial charge on any atom is -0.0622 e. The van der Waals surface area contributed by atoms with Crippen molar-refractivity contribution in [2.45, 2.75) is 5.41 Å². The maximum Gasteiger partial charge on any atom is 0.0714 e. The molecule has 13 aromatic rings. The molecule has 1 aliphatic carbocycles.